The zero-order valence-corrected chi connectivity index (χ0v) is 14.7. The lowest BCUT2D eigenvalue weighted by Gasteiger charge is -2.08. The first kappa shape index (κ1) is 16.3. The van der Waals surface area contributed by atoms with Crippen LogP contribution in [0.25, 0.3) is 27.1 Å². The molecule has 0 fully saturated rings. The SMILES string of the molecule is NC=C(Sc1ccc2ncccc2c1)c1nccc(-c2ccccc2)n1. The molecule has 0 atom stereocenters. The first-order valence-corrected chi connectivity index (χ1v) is 8.98. The van der Waals surface area contributed by atoms with E-state index >= 15 is 0 Å². The highest BCUT2D eigenvalue weighted by atomic mass is 32.2. The molecule has 2 N–H and O–H groups in total. The quantitative estimate of drug-likeness (QED) is 0.535. The number of nitrogens with zero attached hydrogens (tertiary/aromatic N) is 3. The van der Waals surface area contributed by atoms with E-state index in [1.54, 1.807) is 30.4 Å². The zero-order chi connectivity index (χ0) is 17.8. The predicted molar refractivity (Wildman–Crippen MR) is 107 cm³/mol. The van der Waals surface area contributed by atoms with Crippen LogP contribution in [0.3, 0.4) is 0 Å². The number of benzene rings is 2. The van der Waals surface area contributed by atoms with E-state index in [1.807, 2.05) is 60.7 Å². The smallest absolute Gasteiger partial charge is 0.168 e. The lowest BCUT2D eigenvalue weighted by Crippen LogP contribution is -1.96. The van der Waals surface area contributed by atoms with Crippen LogP contribution in [-0.4, -0.2) is 15.0 Å². The van der Waals surface area contributed by atoms with Crippen LogP contribution in [0.2, 0.25) is 0 Å². The van der Waals surface area contributed by atoms with Gasteiger partial charge in [-0.1, -0.05) is 48.2 Å². The van der Waals surface area contributed by atoms with Gasteiger partial charge in [0, 0.05) is 34.4 Å². The molecule has 2 heterocycles. The van der Waals surface area contributed by atoms with E-state index in [0.29, 0.717) is 5.82 Å². The molecule has 5 heteroatoms. The topological polar surface area (TPSA) is 64.7 Å². The van der Waals surface area contributed by atoms with E-state index in [2.05, 4.69) is 21.0 Å². The Balaban J connectivity index is 1.65. The Morgan fingerprint density at radius 2 is 1.77 bits per heavy atom. The van der Waals surface area contributed by atoms with E-state index < -0.39 is 0 Å². The van der Waals surface area contributed by atoms with E-state index in [-0.39, 0.29) is 0 Å². The van der Waals surface area contributed by atoms with Crippen molar-refractivity contribution in [2.24, 2.45) is 5.73 Å². The van der Waals surface area contributed by atoms with Crippen molar-refractivity contribution in [1.82, 2.24) is 15.0 Å². The fraction of sp³-hybridized carbons (Fsp3) is 0. The fourth-order valence-corrected chi connectivity index (χ4v) is 3.48. The third kappa shape index (κ3) is 3.43. The molecule has 0 bridgehead atoms. The first-order valence-electron chi connectivity index (χ1n) is 8.17. The van der Waals surface area contributed by atoms with Gasteiger partial charge in [-0.05, 0) is 30.3 Å². The van der Waals surface area contributed by atoms with E-state index in [0.717, 1.165) is 32.0 Å². The molecule has 4 rings (SSSR count). The van der Waals surface area contributed by atoms with Crippen molar-refractivity contribution in [1.29, 1.82) is 0 Å². The minimum Gasteiger partial charge on any atom is -0.404 e. The van der Waals surface area contributed by atoms with Gasteiger partial charge in [-0.3, -0.25) is 4.98 Å². The van der Waals surface area contributed by atoms with Gasteiger partial charge in [-0.2, -0.15) is 0 Å². The van der Waals surface area contributed by atoms with Crippen LogP contribution in [0.15, 0.2) is 90.2 Å². The normalized spacial score (nSPS) is 11.6. The van der Waals surface area contributed by atoms with Crippen LogP contribution in [0, 0.1) is 0 Å². The van der Waals surface area contributed by atoms with Crippen LogP contribution in [0.4, 0.5) is 0 Å². The number of hydrogen-bond donors (Lipinski definition) is 1. The fourth-order valence-electron chi connectivity index (χ4n) is 2.65. The van der Waals surface area contributed by atoms with Crippen LogP contribution < -0.4 is 5.73 Å². The molecule has 26 heavy (non-hydrogen) atoms. The molecule has 0 aliphatic rings. The number of pyridine rings is 1. The molecule has 4 nitrogen and oxygen atoms in total. The maximum atomic E-state index is 5.88. The Morgan fingerprint density at radius 3 is 2.62 bits per heavy atom. The van der Waals surface area contributed by atoms with Gasteiger partial charge in [-0.25, -0.2) is 9.97 Å². The monoisotopic (exact) mass is 356 g/mol. The minimum atomic E-state index is 0.616. The summed E-state index contributed by atoms with van der Waals surface area (Å²) in [7, 11) is 0. The largest absolute Gasteiger partial charge is 0.404 e. The van der Waals surface area contributed by atoms with Crippen molar-refractivity contribution in [3.8, 4) is 11.3 Å². The number of fused-ring (bicyclic) bond motifs is 1. The molecule has 0 amide bonds. The summed E-state index contributed by atoms with van der Waals surface area (Å²) < 4.78 is 0. The molecule has 0 saturated heterocycles. The molecule has 0 aliphatic carbocycles. The minimum absolute atomic E-state index is 0.616. The van der Waals surface area contributed by atoms with Gasteiger partial charge >= 0.3 is 0 Å². The number of nitrogens with two attached hydrogens (primary N) is 1. The number of hydrogen-bond acceptors (Lipinski definition) is 5. The molecule has 0 saturated carbocycles. The molecule has 0 radical (unpaired) electrons. The van der Waals surface area contributed by atoms with Crippen LogP contribution in [0.5, 0.6) is 0 Å². The maximum absolute atomic E-state index is 5.88. The van der Waals surface area contributed by atoms with E-state index in [1.165, 1.54) is 0 Å². The number of rotatable bonds is 4. The van der Waals surface area contributed by atoms with Crippen LogP contribution >= 0.6 is 11.8 Å². The van der Waals surface area contributed by atoms with E-state index in [4.69, 9.17) is 5.73 Å². The molecule has 126 valence electrons. The van der Waals surface area contributed by atoms with Crippen LogP contribution in [0.1, 0.15) is 5.82 Å². The third-order valence-corrected chi connectivity index (χ3v) is 4.93. The molecule has 2 aromatic heterocycles. The number of thioether (sulfide) groups is 1. The Kier molecular flexibility index (Phi) is 4.62. The highest BCUT2D eigenvalue weighted by Gasteiger charge is 2.10. The first-order chi connectivity index (χ1) is 12.8. The van der Waals surface area contributed by atoms with Crippen LogP contribution in [-0.2, 0) is 0 Å². The zero-order valence-electron chi connectivity index (χ0n) is 13.9. The molecule has 2 aromatic carbocycles. The van der Waals surface area contributed by atoms with Crippen molar-refractivity contribution < 1.29 is 0 Å². The highest BCUT2D eigenvalue weighted by molar-refractivity contribution is 8.08. The van der Waals surface area contributed by atoms with Crippen molar-refractivity contribution in [3.05, 3.63) is 91.1 Å². The van der Waals surface area contributed by atoms with Gasteiger partial charge < -0.3 is 5.73 Å². The molecule has 0 unspecified atom stereocenters. The molecular weight excluding hydrogens is 340 g/mol. The summed E-state index contributed by atoms with van der Waals surface area (Å²) in [5, 5.41) is 1.09. The highest BCUT2D eigenvalue weighted by Crippen LogP contribution is 2.33. The Labute approximate surface area is 155 Å². The van der Waals surface area contributed by atoms with Gasteiger partial charge in [0.25, 0.3) is 0 Å². The maximum Gasteiger partial charge on any atom is 0.168 e. The van der Waals surface area contributed by atoms with Gasteiger partial charge in [0.1, 0.15) is 0 Å². The Bertz CT molecular complexity index is 1080. The molecule has 0 spiro atoms. The Hall–Kier alpha value is -3.18. The van der Waals surface area contributed by atoms with Crippen molar-refractivity contribution in [2.45, 2.75) is 4.90 Å². The van der Waals surface area contributed by atoms with Crippen molar-refractivity contribution in [3.63, 3.8) is 0 Å². The summed E-state index contributed by atoms with van der Waals surface area (Å²) >= 11 is 1.54. The summed E-state index contributed by atoms with van der Waals surface area (Å²) in [5.74, 6) is 0.616. The molecule has 4 aromatic rings. The Morgan fingerprint density at radius 1 is 0.885 bits per heavy atom. The molecule has 0 aliphatic heterocycles. The van der Waals surface area contributed by atoms with Crippen molar-refractivity contribution in [2.75, 3.05) is 0 Å². The van der Waals surface area contributed by atoms with Gasteiger partial charge in [-0.15, -0.1) is 0 Å². The second-order valence-electron chi connectivity index (χ2n) is 5.62. The average molecular weight is 356 g/mol. The summed E-state index contributed by atoms with van der Waals surface area (Å²) in [6, 6.07) is 22.1. The van der Waals surface area contributed by atoms with E-state index in [9.17, 15) is 0 Å². The van der Waals surface area contributed by atoms with Crippen molar-refractivity contribution >= 4 is 27.6 Å². The molecular formula is C21H16N4S. The van der Waals surface area contributed by atoms with Gasteiger partial charge in [0.2, 0.25) is 0 Å². The lowest BCUT2D eigenvalue weighted by atomic mass is 10.1. The summed E-state index contributed by atoms with van der Waals surface area (Å²) in [6.07, 6.45) is 5.12. The number of aromatic nitrogens is 3. The second kappa shape index (κ2) is 7.37. The average Bonchev–Trinajstić information content (AvgIpc) is 2.72. The predicted octanol–water partition coefficient (Wildman–Crippen LogP) is 4.74. The summed E-state index contributed by atoms with van der Waals surface area (Å²) in [5.41, 5.74) is 8.77. The second-order valence-corrected chi connectivity index (χ2v) is 6.74. The summed E-state index contributed by atoms with van der Waals surface area (Å²) in [6.45, 7) is 0. The summed E-state index contributed by atoms with van der Waals surface area (Å²) in [4.78, 5) is 15.3. The van der Waals surface area contributed by atoms with Gasteiger partial charge in [0.15, 0.2) is 5.82 Å². The van der Waals surface area contributed by atoms with Gasteiger partial charge in [0.05, 0.1) is 16.1 Å². The third-order valence-electron chi connectivity index (χ3n) is 3.90. The lowest BCUT2D eigenvalue weighted by molar-refractivity contribution is 1.13. The standard InChI is InChI=1S/C21H16N4S/c22-14-20(26-17-8-9-18-16(13-17)7-4-11-23-18)21-24-12-10-19(25-21)15-5-2-1-3-6-15/h1-14H,22H2.